The van der Waals surface area contributed by atoms with Crippen LogP contribution in [0.2, 0.25) is 0 Å². The third-order valence-electron chi connectivity index (χ3n) is 3.28. The molecule has 0 bridgehead atoms. The van der Waals surface area contributed by atoms with Crippen LogP contribution in [-0.2, 0) is 0 Å². The van der Waals surface area contributed by atoms with Crippen LogP contribution in [-0.4, -0.2) is 30.1 Å². The first-order chi connectivity index (χ1) is 9.97. The Hall–Kier alpha value is -2.44. The van der Waals surface area contributed by atoms with E-state index >= 15 is 0 Å². The molecule has 5 nitrogen and oxygen atoms in total. The summed E-state index contributed by atoms with van der Waals surface area (Å²) in [6, 6.07) is 3.19. The van der Waals surface area contributed by atoms with Gasteiger partial charge in [0.05, 0.1) is 13.2 Å². The first-order valence-electron chi connectivity index (χ1n) is 6.16. The Kier molecular flexibility index (Phi) is 4.21. The molecule has 21 heavy (non-hydrogen) atoms. The minimum Gasteiger partial charge on any atom is -0.494 e. The van der Waals surface area contributed by atoms with Gasteiger partial charge in [-0.2, -0.15) is 0 Å². The molecule has 1 aromatic heterocycles. The third kappa shape index (κ3) is 2.72. The van der Waals surface area contributed by atoms with Crippen LogP contribution in [0.1, 0.15) is 29.0 Å². The first-order valence-corrected chi connectivity index (χ1v) is 6.16. The van der Waals surface area contributed by atoms with Crippen molar-refractivity contribution in [1.29, 1.82) is 0 Å². The van der Waals surface area contributed by atoms with Crippen molar-refractivity contribution in [2.75, 3.05) is 14.2 Å². The second-order valence-electron chi connectivity index (χ2n) is 4.45. The average molecular weight is 296 g/mol. The van der Waals surface area contributed by atoms with E-state index in [0.717, 1.165) is 12.1 Å². The van der Waals surface area contributed by atoms with Crippen LogP contribution >= 0.6 is 0 Å². The van der Waals surface area contributed by atoms with E-state index in [1.807, 2.05) is 0 Å². The Morgan fingerprint density at radius 3 is 2.67 bits per heavy atom. The zero-order chi connectivity index (χ0) is 15.6. The maximum absolute atomic E-state index is 14.1. The number of carbonyl (C=O) groups excluding carboxylic acids is 1. The largest absolute Gasteiger partial charge is 0.494 e. The summed E-state index contributed by atoms with van der Waals surface area (Å²) in [5, 5.41) is 3.71. The van der Waals surface area contributed by atoms with E-state index in [2.05, 4.69) is 5.16 Å². The molecule has 0 spiro atoms. The zero-order valence-corrected chi connectivity index (χ0v) is 11.8. The number of hydrogen-bond acceptors (Lipinski definition) is 4. The number of hydrogen-bond donors (Lipinski definition) is 0. The SMILES string of the molecule is COc1ccc(F)c(C(=O)N(C)[C@H](C)c2ccon2)c1F. The number of carbonyl (C=O) groups is 1. The van der Waals surface area contributed by atoms with E-state index in [-0.39, 0.29) is 5.75 Å². The predicted octanol–water partition coefficient (Wildman–Crippen LogP) is 2.79. The molecule has 0 unspecified atom stereocenters. The quantitative estimate of drug-likeness (QED) is 0.870. The summed E-state index contributed by atoms with van der Waals surface area (Å²) in [7, 11) is 2.67. The fourth-order valence-corrected chi connectivity index (χ4v) is 1.88. The summed E-state index contributed by atoms with van der Waals surface area (Å²) >= 11 is 0. The fraction of sp³-hybridized carbons (Fsp3) is 0.286. The third-order valence-corrected chi connectivity index (χ3v) is 3.28. The van der Waals surface area contributed by atoms with Crippen LogP contribution in [0.15, 0.2) is 29.0 Å². The van der Waals surface area contributed by atoms with E-state index in [0.29, 0.717) is 5.69 Å². The summed E-state index contributed by atoms with van der Waals surface area (Å²) in [6.07, 6.45) is 1.36. The van der Waals surface area contributed by atoms with Gasteiger partial charge in [-0.25, -0.2) is 8.78 Å². The molecule has 1 amide bonds. The molecule has 2 rings (SSSR count). The molecule has 2 aromatic rings. The van der Waals surface area contributed by atoms with Gasteiger partial charge < -0.3 is 14.2 Å². The molecule has 0 saturated carbocycles. The molecule has 0 aliphatic rings. The van der Waals surface area contributed by atoms with Crippen molar-refractivity contribution in [2.45, 2.75) is 13.0 Å². The minimum absolute atomic E-state index is 0.192. The van der Waals surface area contributed by atoms with Crippen LogP contribution in [0.5, 0.6) is 5.75 Å². The van der Waals surface area contributed by atoms with Crippen molar-refractivity contribution in [3.8, 4) is 5.75 Å². The van der Waals surface area contributed by atoms with E-state index in [9.17, 15) is 13.6 Å². The standard InChI is InChI=1S/C14H14F2N2O3/c1-8(10-6-7-21-17-10)18(2)14(19)12-9(15)4-5-11(20-3)13(12)16/h4-8H,1-3H3/t8-/m1/s1. The molecule has 0 aliphatic heterocycles. The van der Waals surface area contributed by atoms with Crippen molar-refractivity contribution in [3.63, 3.8) is 0 Å². The molecule has 0 fully saturated rings. The minimum atomic E-state index is -1.03. The van der Waals surface area contributed by atoms with Gasteiger partial charge in [0.2, 0.25) is 0 Å². The van der Waals surface area contributed by atoms with E-state index in [4.69, 9.17) is 9.26 Å². The van der Waals surface area contributed by atoms with Crippen LogP contribution in [0.3, 0.4) is 0 Å². The Bertz CT molecular complexity index is 644. The van der Waals surface area contributed by atoms with Gasteiger partial charge in [-0.05, 0) is 19.1 Å². The lowest BCUT2D eigenvalue weighted by Gasteiger charge is -2.23. The van der Waals surface area contributed by atoms with Crippen molar-refractivity contribution in [3.05, 3.63) is 47.4 Å². The lowest BCUT2D eigenvalue weighted by molar-refractivity contribution is 0.0726. The van der Waals surface area contributed by atoms with Gasteiger partial charge in [-0.1, -0.05) is 5.16 Å². The Morgan fingerprint density at radius 1 is 1.38 bits per heavy atom. The molecular weight excluding hydrogens is 282 g/mol. The molecule has 1 aromatic carbocycles. The van der Waals surface area contributed by atoms with Gasteiger partial charge in [0.15, 0.2) is 11.6 Å². The number of benzene rings is 1. The number of ether oxygens (including phenoxy) is 1. The average Bonchev–Trinajstić information content (AvgIpc) is 3.00. The molecule has 7 heteroatoms. The molecule has 1 atom stereocenters. The molecule has 112 valence electrons. The molecule has 0 aliphatic carbocycles. The number of aromatic nitrogens is 1. The summed E-state index contributed by atoms with van der Waals surface area (Å²) in [6.45, 7) is 1.67. The lowest BCUT2D eigenvalue weighted by atomic mass is 10.1. The predicted molar refractivity (Wildman–Crippen MR) is 69.9 cm³/mol. The van der Waals surface area contributed by atoms with Crippen molar-refractivity contribution in [1.82, 2.24) is 10.1 Å². The second-order valence-corrected chi connectivity index (χ2v) is 4.45. The summed E-state index contributed by atoms with van der Waals surface area (Å²) < 4.78 is 37.4. The van der Waals surface area contributed by atoms with Crippen LogP contribution < -0.4 is 4.74 Å². The molecule has 0 saturated heterocycles. The highest BCUT2D eigenvalue weighted by Crippen LogP contribution is 2.26. The van der Waals surface area contributed by atoms with E-state index < -0.39 is 29.1 Å². The van der Waals surface area contributed by atoms with Crippen LogP contribution in [0.25, 0.3) is 0 Å². The highest BCUT2D eigenvalue weighted by molar-refractivity contribution is 5.95. The maximum Gasteiger partial charge on any atom is 0.260 e. The Balaban J connectivity index is 2.36. The van der Waals surface area contributed by atoms with Gasteiger partial charge in [0.1, 0.15) is 23.3 Å². The number of methoxy groups -OCH3 is 1. The second kappa shape index (κ2) is 5.90. The monoisotopic (exact) mass is 296 g/mol. The molecule has 0 radical (unpaired) electrons. The number of halogens is 2. The van der Waals surface area contributed by atoms with Crippen LogP contribution in [0, 0.1) is 11.6 Å². The normalized spacial score (nSPS) is 12.0. The topological polar surface area (TPSA) is 55.6 Å². The number of amides is 1. The van der Waals surface area contributed by atoms with Crippen LogP contribution in [0.4, 0.5) is 8.78 Å². The lowest BCUT2D eigenvalue weighted by Crippen LogP contribution is -2.31. The Morgan fingerprint density at radius 2 is 2.10 bits per heavy atom. The highest BCUT2D eigenvalue weighted by Gasteiger charge is 2.27. The van der Waals surface area contributed by atoms with Gasteiger partial charge in [-0.3, -0.25) is 4.79 Å². The number of rotatable bonds is 4. The highest BCUT2D eigenvalue weighted by atomic mass is 19.1. The molecule has 0 N–H and O–H groups in total. The fourth-order valence-electron chi connectivity index (χ4n) is 1.88. The summed E-state index contributed by atoms with van der Waals surface area (Å²) in [4.78, 5) is 13.5. The first kappa shape index (κ1) is 15.0. The van der Waals surface area contributed by atoms with Crippen molar-refractivity contribution >= 4 is 5.91 Å². The van der Waals surface area contributed by atoms with Crippen molar-refractivity contribution < 1.29 is 22.8 Å². The molecule has 1 heterocycles. The van der Waals surface area contributed by atoms with Gasteiger partial charge >= 0.3 is 0 Å². The summed E-state index contributed by atoms with van der Waals surface area (Å²) in [5.74, 6) is -2.97. The number of nitrogens with zero attached hydrogens (tertiary/aromatic N) is 2. The summed E-state index contributed by atoms with van der Waals surface area (Å²) in [5.41, 5.74) is -0.179. The van der Waals surface area contributed by atoms with Gasteiger partial charge in [0.25, 0.3) is 5.91 Å². The molecular formula is C14H14F2N2O3. The Labute approximate surface area is 120 Å². The van der Waals surface area contributed by atoms with Gasteiger partial charge in [-0.15, -0.1) is 0 Å². The zero-order valence-electron chi connectivity index (χ0n) is 11.8. The van der Waals surface area contributed by atoms with E-state index in [1.54, 1.807) is 13.0 Å². The van der Waals surface area contributed by atoms with Crippen molar-refractivity contribution in [2.24, 2.45) is 0 Å². The maximum atomic E-state index is 14.1. The van der Waals surface area contributed by atoms with Gasteiger partial charge in [0, 0.05) is 13.1 Å². The van der Waals surface area contributed by atoms with E-state index in [1.165, 1.54) is 25.3 Å². The smallest absolute Gasteiger partial charge is 0.260 e.